The number of pyridine rings is 2. The Labute approximate surface area is 156 Å². The second-order valence-electron chi connectivity index (χ2n) is 5.95. The molecule has 1 aliphatic heterocycles. The van der Waals surface area contributed by atoms with Gasteiger partial charge in [-0.05, 0) is 25.1 Å². The maximum atomic E-state index is 12.5. The number of aromatic nitrogens is 4. The van der Waals surface area contributed by atoms with Gasteiger partial charge in [0.05, 0.1) is 35.0 Å². The topological polar surface area (TPSA) is 84.7 Å². The lowest BCUT2D eigenvalue weighted by Crippen LogP contribution is -2.13. The molecule has 4 heterocycles. The van der Waals surface area contributed by atoms with Gasteiger partial charge in [-0.3, -0.25) is 14.3 Å². The number of amides is 1. The predicted octanol–water partition coefficient (Wildman–Crippen LogP) is 3.46. The zero-order valence-electron chi connectivity index (χ0n) is 14.8. The van der Waals surface area contributed by atoms with Gasteiger partial charge in [-0.25, -0.2) is 9.97 Å². The van der Waals surface area contributed by atoms with Crippen molar-refractivity contribution in [3.63, 3.8) is 0 Å². The van der Waals surface area contributed by atoms with Crippen molar-refractivity contribution in [2.75, 3.05) is 5.32 Å². The largest absolute Gasteiger partial charge is 0.348 e. The van der Waals surface area contributed by atoms with Crippen molar-refractivity contribution in [1.82, 2.24) is 24.8 Å². The van der Waals surface area contributed by atoms with E-state index in [1.54, 1.807) is 24.7 Å². The molecule has 0 saturated heterocycles. The number of carbonyl (C=O) groups is 1. The van der Waals surface area contributed by atoms with Crippen LogP contribution in [0.5, 0.6) is 0 Å². The second kappa shape index (κ2) is 6.87. The van der Waals surface area contributed by atoms with Gasteiger partial charge in [0, 0.05) is 24.5 Å². The molecule has 3 aromatic rings. The number of hydrogen-bond acceptors (Lipinski definition) is 5. The summed E-state index contributed by atoms with van der Waals surface area (Å²) in [5, 5.41) is 6.07. The van der Waals surface area contributed by atoms with Crippen LogP contribution in [0.2, 0.25) is 0 Å². The maximum Gasteiger partial charge on any atom is 0.254 e. The van der Waals surface area contributed by atoms with E-state index in [-0.39, 0.29) is 5.91 Å². The van der Waals surface area contributed by atoms with Gasteiger partial charge < -0.3 is 10.6 Å². The van der Waals surface area contributed by atoms with Gasteiger partial charge in [0.1, 0.15) is 11.6 Å². The minimum atomic E-state index is -0.131. The summed E-state index contributed by atoms with van der Waals surface area (Å²) in [6.07, 6.45) is 10.6. The Bertz CT molecular complexity index is 1050. The van der Waals surface area contributed by atoms with Gasteiger partial charge in [-0.15, -0.1) is 0 Å². The van der Waals surface area contributed by atoms with E-state index in [2.05, 4.69) is 32.2 Å². The smallest absolute Gasteiger partial charge is 0.254 e. The summed E-state index contributed by atoms with van der Waals surface area (Å²) in [5.74, 6) is 1.24. The highest BCUT2D eigenvalue weighted by Gasteiger charge is 2.28. The summed E-state index contributed by atoms with van der Waals surface area (Å²) in [5.41, 5.74) is 3.57. The normalized spacial score (nSPS) is 12.9. The second-order valence-corrected chi connectivity index (χ2v) is 5.95. The van der Waals surface area contributed by atoms with Gasteiger partial charge in [0.25, 0.3) is 5.91 Å². The van der Waals surface area contributed by atoms with Crippen molar-refractivity contribution in [1.29, 1.82) is 0 Å². The lowest BCUT2D eigenvalue weighted by Gasteiger charge is -2.12. The van der Waals surface area contributed by atoms with Gasteiger partial charge in [-0.2, -0.15) is 0 Å². The molecule has 0 radical (unpaired) electrons. The highest BCUT2D eigenvalue weighted by atomic mass is 16.1. The van der Waals surface area contributed by atoms with Crippen molar-refractivity contribution in [2.45, 2.75) is 13.5 Å². The molecule has 1 amide bonds. The first-order chi connectivity index (χ1) is 13.2. The van der Waals surface area contributed by atoms with E-state index in [0.29, 0.717) is 35.1 Å². The fourth-order valence-electron chi connectivity index (χ4n) is 3.14. The van der Waals surface area contributed by atoms with Gasteiger partial charge in [0.15, 0.2) is 0 Å². The van der Waals surface area contributed by atoms with E-state index in [9.17, 15) is 4.79 Å². The van der Waals surface area contributed by atoms with Gasteiger partial charge in [0.2, 0.25) is 0 Å². The number of nitrogens with zero attached hydrogens (tertiary/aromatic N) is 4. The molecule has 134 valence electrons. The molecule has 0 aliphatic carbocycles. The summed E-state index contributed by atoms with van der Waals surface area (Å²) >= 11 is 0. The first-order valence-corrected chi connectivity index (χ1v) is 8.54. The number of imidazole rings is 1. The van der Waals surface area contributed by atoms with Gasteiger partial charge >= 0.3 is 0 Å². The Hall–Kier alpha value is -3.74. The fourth-order valence-corrected chi connectivity index (χ4v) is 3.14. The van der Waals surface area contributed by atoms with Crippen molar-refractivity contribution in [3.8, 4) is 11.4 Å². The average Bonchev–Trinajstić information content (AvgIpc) is 3.27. The monoisotopic (exact) mass is 358 g/mol. The molecule has 0 spiro atoms. The molecule has 7 nitrogen and oxygen atoms in total. The minimum absolute atomic E-state index is 0.131. The molecule has 7 heteroatoms. The van der Waals surface area contributed by atoms with Crippen LogP contribution in [0.25, 0.3) is 23.7 Å². The number of allylic oxidation sites excluding steroid dienone is 1. The maximum absolute atomic E-state index is 12.5. The van der Waals surface area contributed by atoms with E-state index < -0.39 is 0 Å². The van der Waals surface area contributed by atoms with Crippen LogP contribution in [0.1, 0.15) is 28.7 Å². The van der Waals surface area contributed by atoms with Crippen molar-refractivity contribution < 1.29 is 4.79 Å². The van der Waals surface area contributed by atoms with Crippen LogP contribution in [0.3, 0.4) is 0 Å². The molecule has 4 rings (SSSR count). The third kappa shape index (κ3) is 2.89. The number of carbonyl (C=O) groups excluding carboxylic acids is 1. The molecule has 27 heavy (non-hydrogen) atoms. The Morgan fingerprint density at radius 1 is 1.26 bits per heavy atom. The summed E-state index contributed by atoms with van der Waals surface area (Å²) in [6.45, 7) is 6.15. The Balaban J connectivity index is 1.85. The Morgan fingerprint density at radius 3 is 2.89 bits per heavy atom. The molecule has 0 atom stereocenters. The molecule has 3 aromatic heterocycles. The highest BCUT2D eigenvalue weighted by Crippen LogP contribution is 2.33. The lowest BCUT2D eigenvalue weighted by atomic mass is 10.1. The zero-order chi connectivity index (χ0) is 18.8. The number of nitrogens with one attached hydrogen (secondary N) is 2. The predicted molar refractivity (Wildman–Crippen MR) is 105 cm³/mol. The summed E-state index contributed by atoms with van der Waals surface area (Å²) in [7, 11) is 0. The molecule has 0 bridgehead atoms. The molecular formula is C20H18N6O. The molecule has 0 fully saturated rings. The zero-order valence-corrected chi connectivity index (χ0v) is 14.8. The fraction of sp³-hybridized carbons (Fsp3) is 0.100. The van der Waals surface area contributed by atoms with Crippen LogP contribution in [-0.2, 0) is 6.54 Å². The van der Waals surface area contributed by atoms with Crippen LogP contribution >= 0.6 is 0 Å². The van der Waals surface area contributed by atoms with Crippen LogP contribution in [0.15, 0.2) is 49.4 Å². The van der Waals surface area contributed by atoms with Crippen LogP contribution in [0, 0.1) is 0 Å². The molecule has 2 N–H and O–H groups in total. The number of rotatable bonds is 5. The van der Waals surface area contributed by atoms with Crippen LogP contribution < -0.4 is 10.6 Å². The van der Waals surface area contributed by atoms with Crippen molar-refractivity contribution >= 4 is 29.7 Å². The molecular weight excluding hydrogens is 340 g/mol. The molecule has 0 aromatic carbocycles. The van der Waals surface area contributed by atoms with E-state index in [4.69, 9.17) is 0 Å². The van der Waals surface area contributed by atoms with E-state index in [0.717, 1.165) is 11.3 Å². The average molecular weight is 358 g/mol. The van der Waals surface area contributed by atoms with E-state index in [1.165, 1.54) is 0 Å². The first-order valence-electron chi connectivity index (χ1n) is 8.54. The SMILES string of the molecule is C=Cc1ncc(-c2ncc(Nc3ccccn3)c3c2CNC3=O)n1/C=C\C. The summed E-state index contributed by atoms with van der Waals surface area (Å²) < 4.78 is 1.91. The van der Waals surface area contributed by atoms with E-state index in [1.807, 2.05) is 42.0 Å². The minimum Gasteiger partial charge on any atom is -0.348 e. The third-order valence-electron chi connectivity index (χ3n) is 4.31. The molecule has 0 saturated carbocycles. The number of fused-ring (bicyclic) bond motifs is 1. The Morgan fingerprint density at radius 2 is 2.15 bits per heavy atom. The van der Waals surface area contributed by atoms with Crippen LogP contribution in [0.4, 0.5) is 11.5 Å². The summed E-state index contributed by atoms with van der Waals surface area (Å²) in [6, 6.07) is 5.55. The summed E-state index contributed by atoms with van der Waals surface area (Å²) in [4.78, 5) is 25.8. The first kappa shape index (κ1) is 16.7. The van der Waals surface area contributed by atoms with Crippen molar-refractivity contribution in [3.05, 3.63) is 66.4 Å². The quantitative estimate of drug-likeness (QED) is 0.730. The number of hydrogen-bond donors (Lipinski definition) is 2. The lowest BCUT2D eigenvalue weighted by molar-refractivity contribution is 0.0966. The van der Waals surface area contributed by atoms with Crippen molar-refractivity contribution in [2.24, 2.45) is 0 Å². The standard InChI is InChI=1S/C20H18N6O/c1-3-9-26-15(12-22-17(26)4-2)19-13-10-24-20(27)18(13)14(11-23-19)25-16-7-5-6-8-21-16/h3-9,11-12H,2,10H2,1H3,(H,21,25)(H,24,27)/b9-3-. The highest BCUT2D eigenvalue weighted by molar-refractivity contribution is 6.05. The van der Waals surface area contributed by atoms with Gasteiger partial charge in [-0.1, -0.05) is 18.7 Å². The number of anilines is 2. The third-order valence-corrected chi connectivity index (χ3v) is 4.31. The molecule has 0 unspecified atom stereocenters. The van der Waals surface area contributed by atoms with E-state index >= 15 is 0 Å². The Kier molecular flexibility index (Phi) is 4.25. The van der Waals surface area contributed by atoms with Crippen LogP contribution in [-0.4, -0.2) is 25.4 Å². The molecule has 1 aliphatic rings.